The summed E-state index contributed by atoms with van der Waals surface area (Å²) in [5.41, 5.74) is 2.03. The number of fused-ring (bicyclic) bond motifs is 1. The van der Waals surface area contributed by atoms with E-state index in [4.69, 9.17) is 4.74 Å². The van der Waals surface area contributed by atoms with Gasteiger partial charge in [-0.3, -0.25) is 4.79 Å². The molecule has 124 valence electrons. The fraction of sp³-hybridized carbons (Fsp3) is 0.588. The highest BCUT2D eigenvalue weighted by Gasteiger charge is 2.25. The number of ether oxygens (including phenoxy) is 1. The molecule has 0 unspecified atom stereocenters. The number of nitrogens with one attached hydrogen (secondary N) is 1. The molecule has 2 aromatic rings. The van der Waals surface area contributed by atoms with Crippen molar-refractivity contribution in [1.82, 2.24) is 19.9 Å². The predicted molar refractivity (Wildman–Crippen MR) is 88.4 cm³/mol. The normalized spacial score (nSPS) is 18.5. The van der Waals surface area contributed by atoms with Gasteiger partial charge in [-0.15, -0.1) is 0 Å². The number of H-pyrrole nitrogens is 1. The number of imidazole rings is 1. The van der Waals surface area contributed by atoms with Crippen LogP contribution in [-0.4, -0.2) is 51.1 Å². The van der Waals surface area contributed by atoms with Gasteiger partial charge >= 0.3 is 0 Å². The monoisotopic (exact) mass is 316 g/mol. The number of aryl methyl sites for hydroxylation is 1. The number of aromatic nitrogens is 3. The van der Waals surface area contributed by atoms with Crippen LogP contribution in [0, 0.1) is 6.92 Å². The summed E-state index contributed by atoms with van der Waals surface area (Å²) in [6.45, 7) is 7.38. The van der Waals surface area contributed by atoms with Crippen LogP contribution in [0.25, 0.3) is 11.2 Å². The third-order valence-electron chi connectivity index (χ3n) is 4.26. The van der Waals surface area contributed by atoms with Crippen molar-refractivity contribution in [3.63, 3.8) is 0 Å². The van der Waals surface area contributed by atoms with Crippen molar-refractivity contribution < 1.29 is 9.53 Å². The van der Waals surface area contributed by atoms with Gasteiger partial charge in [0.15, 0.2) is 5.65 Å². The summed E-state index contributed by atoms with van der Waals surface area (Å²) in [7, 11) is 0. The molecule has 1 aliphatic rings. The number of carbonyl (C=O) groups excluding carboxylic acids is 1. The summed E-state index contributed by atoms with van der Waals surface area (Å²) in [5, 5.41) is 0. The summed E-state index contributed by atoms with van der Waals surface area (Å²) in [5.74, 6) is 0.796. The first-order valence-electron chi connectivity index (χ1n) is 8.29. The van der Waals surface area contributed by atoms with Crippen LogP contribution in [0.1, 0.15) is 49.3 Å². The largest absolute Gasteiger partial charge is 0.376 e. The minimum absolute atomic E-state index is 0.00386. The predicted octanol–water partition coefficient (Wildman–Crippen LogP) is 2.69. The Bertz CT molecular complexity index is 689. The lowest BCUT2D eigenvalue weighted by Crippen LogP contribution is -2.43. The van der Waals surface area contributed by atoms with E-state index in [9.17, 15) is 4.79 Å². The maximum absolute atomic E-state index is 12.9. The third kappa shape index (κ3) is 3.52. The highest BCUT2D eigenvalue weighted by Crippen LogP contribution is 2.18. The van der Waals surface area contributed by atoms with E-state index in [2.05, 4.69) is 15.0 Å². The van der Waals surface area contributed by atoms with Crippen molar-refractivity contribution in [3.05, 3.63) is 23.7 Å². The molecule has 6 heteroatoms. The van der Waals surface area contributed by atoms with Gasteiger partial charge in [0.25, 0.3) is 5.91 Å². The zero-order chi connectivity index (χ0) is 16.4. The average molecular weight is 316 g/mol. The number of nitrogens with zero attached hydrogens (tertiary/aromatic N) is 3. The van der Waals surface area contributed by atoms with Crippen molar-refractivity contribution in [2.24, 2.45) is 0 Å². The summed E-state index contributed by atoms with van der Waals surface area (Å²) in [6.07, 6.45) is 5.06. The molecular formula is C17H24N4O2. The van der Waals surface area contributed by atoms with Gasteiger partial charge in [-0.05, 0) is 46.1 Å². The van der Waals surface area contributed by atoms with Gasteiger partial charge < -0.3 is 14.6 Å². The van der Waals surface area contributed by atoms with Gasteiger partial charge in [-0.1, -0.05) is 0 Å². The number of amides is 1. The SMILES string of the molecule is Cc1nc2ncc(C(=O)N(C[C@@H]3CCCCO3)C(C)C)cc2[nH]1. The van der Waals surface area contributed by atoms with E-state index in [1.165, 1.54) is 6.42 Å². The summed E-state index contributed by atoms with van der Waals surface area (Å²) < 4.78 is 5.79. The molecule has 3 rings (SSSR count). The molecule has 0 bridgehead atoms. The Hall–Kier alpha value is -1.95. The Kier molecular flexibility index (Phi) is 4.61. The Morgan fingerprint density at radius 1 is 1.48 bits per heavy atom. The molecule has 0 spiro atoms. The molecule has 1 fully saturated rings. The minimum Gasteiger partial charge on any atom is -0.376 e. The van der Waals surface area contributed by atoms with Crippen molar-refractivity contribution >= 4 is 17.1 Å². The van der Waals surface area contributed by atoms with Crippen molar-refractivity contribution in [1.29, 1.82) is 0 Å². The van der Waals surface area contributed by atoms with E-state index >= 15 is 0 Å². The average Bonchev–Trinajstić information content (AvgIpc) is 2.91. The van der Waals surface area contributed by atoms with Crippen molar-refractivity contribution in [2.75, 3.05) is 13.2 Å². The standard InChI is InChI=1S/C17H24N4O2/c1-11(2)21(10-14-6-4-5-7-23-14)17(22)13-8-15-16(18-9-13)20-12(3)19-15/h8-9,11,14H,4-7,10H2,1-3H3,(H,18,19,20)/t14-/m0/s1. The van der Waals surface area contributed by atoms with Crippen molar-refractivity contribution in [3.8, 4) is 0 Å². The number of carbonyl (C=O) groups is 1. The van der Waals surface area contributed by atoms with Crippen LogP contribution >= 0.6 is 0 Å². The first kappa shape index (κ1) is 15.9. The quantitative estimate of drug-likeness (QED) is 0.941. The molecule has 2 aromatic heterocycles. The van der Waals surface area contributed by atoms with Gasteiger partial charge in [-0.2, -0.15) is 0 Å². The van der Waals surface area contributed by atoms with Crippen LogP contribution < -0.4 is 0 Å². The first-order valence-corrected chi connectivity index (χ1v) is 8.29. The zero-order valence-electron chi connectivity index (χ0n) is 14.0. The molecule has 0 radical (unpaired) electrons. The molecule has 1 N–H and O–H groups in total. The van der Waals surface area contributed by atoms with E-state index in [1.54, 1.807) is 6.20 Å². The van der Waals surface area contributed by atoms with Crippen LogP contribution in [0.15, 0.2) is 12.3 Å². The highest BCUT2D eigenvalue weighted by molar-refractivity contribution is 5.96. The molecule has 0 saturated carbocycles. The third-order valence-corrected chi connectivity index (χ3v) is 4.26. The van der Waals surface area contributed by atoms with Gasteiger partial charge in [0.1, 0.15) is 5.82 Å². The second-order valence-electron chi connectivity index (χ2n) is 6.46. The Morgan fingerprint density at radius 2 is 2.30 bits per heavy atom. The number of rotatable bonds is 4. The molecule has 6 nitrogen and oxygen atoms in total. The second-order valence-corrected chi connectivity index (χ2v) is 6.46. The Balaban J connectivity index is 1.80. The van der Waals surface area contributed by atoms with Gasteiger partial charge in [-0.25, -0.2) is 9.97 Å². The fourth-order valence-electron chi connectivity index (χ4n) is 3.00. The van der Waals surface area contributed by atoms with Crippen LogP contribution in [0.5, 0.6) is 0 Å². The molecule has 23 heavy (non-hydrogen) atoms. The second kappa shape index (κ2) is 6.66. The first-order chi connectivity index (χ1) is 11.0. The molecule has 0 aromatic carbocycles. The van der Waals surface area contributed by atoms with Crippen LogP contribution in [0.3, 0.4) is 0 Å². The molecule has 1 aliphatic heterocycles. The van der Waals surface area contributed by atoms with Crippen molar-refractivity contribution in [2.45, 2.75) is 52.2 Å². The van der Waals surface area contributed by atoms with Crippen LogP contribution in [0.2, 0.25) is 0 Å². The van der Waals surface area contributed by atoms with Crippen LogP contribution in [0.4, 0.5) is 0 Å². The summed E-state index contributed by atoms with van der Waals surface area (Å²) in [6, 6.07) is 1.95. The molecular weight excluding hydrogens is 292 g/mol. The molecule has 1 atom stereocenters. The fourth-order valence-corrected chi connectivity index (χ4v) is 3.00. The van der Waals surface area contributed by atoms with E-state index in [0.29, 0.717) is 17.8 Å². The molecule has 1 amide bonds. The number of pyridine rings is 1. The maximum Gasteiger partial charge on any atom is 0.255 e. The zero-order valence-corrected chi connectivity index (χ0v) is 14.0. The van der Waals surface area contributed by atoms with E-state index in [1.807, 2.05) is 31.7 Å². The number of aromatic amines is 1. The van der Waals surface area contributed by atoms with E-state index in [0.717, 1.165) is 30.8 Å². The number of hydrogen-bond acceptors (Lipinski definition) is 4. The molecule has 0 aliphatic carbocycles. The van der Waals surface area contributed by atoms with E-state index in [-0.39, 0.29) is 18.1 Å². The maximum atomic E-state index is 12.9. The Labute approximate surface area is 136 Å². The summed E-state index contributed by atoms with van der Waals surface area (Å²) in [4.78, 5) is 26.5. The minimum atomic E-state index is -0.00386. The highest BCUT2D eigenvalue weighted by atomic mass is 16.5. The molecule has 1 saturated heterocycles. The lowest BCUT2D eigenvalue weighted by molar-refractivity contribution is -0.00830. The van der Waals surface area contributed by atoms with Gasteiger partial charge in [0.2, 0.25) is 0 Å². The van der Waals surface area contributed by atoms with E-state index < -0.39 is 0 Å². The lowest BCUT2D eigenvalue weighted by atomic mass is 10.1. The number of hydrogen-bond donors (Lipinski definition) is 1. The Morgan fingerprint density at radius 3 is 3.00 bits per heavy atom. The van der Waals surface area contributed by atoms with Gasteiger partial charge in [0, 0.05) is 25.4 Å². The van der Waals surface area contributed by atoms with Crippen LogP contribution in [-0.2, 0) is 4.74 Å². The van der Waals surface area contributed by atoms with Gasteiger partial charge in [0.05, 0.1) is 17.2 Å². The topological polar surface area (TPSA) is 71.1 Å². The smallest absolute Gasteiger partial charge is 0.255 e. The molecule has 3 heterocycles. The summed E-state index contributed by atoms with van der Waals surface area (Å²) >= 11 is 0. The lowest BCUT2D eigenvalue weighted by Gasteiger charge is -2.32.